The van der Waals surface area contributed by atoms with Crippen LogP contribution in [0.25, 0.3) is 0 Å². The zero-order chi connectivity index (χ0) is 8.69. The van der Waals surface area contributed by atoms with Gasteiger partial charge in [0, 0.05) is 0 Å². The molecule has 0 fully saturated rings. The summed E-state index contributed by atoms with van der Waals surface area (Å²) in [5.74, 6) is -0.538. The maximum atomic E-state index is 10.7. The van der Waals surface area contributed by atoms with E-state index in [0.29, 0.717) is 6.61 Å². The second-order valence-electron chi connectivity index (χ2n) is 1.75. The van der Waals surface area contributed by atoms with Crippen LogP contribution < -0.4 is 0 Å². The van der Waals surface area contributed by atoms with Gasteiger partial charge < -0.3 is 9.47 Å². The molecule has 0 saturated carbocycles. The molecule has 0 spiro atoms. The van der Waals surface area contributed by atoms with Crippen molar-refractivity contribution in [1.29, 1.82) is 5.41 Å². The highest BCUT2D eigenvalue weighted by atomic mass is 16.5. The van der Waals surface area contributed by atoms with E-state index in [0.717, 1.165) is 0 Å². The van der Waals surface area contributed by atoms with Gasteiger partial charge in [0.15, 0.2) is 5.90 Å². The van der Waals surface area contributed by atoms with Crippen LogP contribution >= 0.6 is 0 Å². The summed E-state index contributed by atoms with van der Waals surface area (Å²) < 4.78 is 9.21. The Morgan fingerprint density at radius 2 is 2.18 bits per heavy atom. The van der Waals surface area contributed by atoms with Crippen molar-refractivity contribution in [3.8, 4) is 0 Å². The molecule has 0 atom stereocenters. The molecule has 0 amide bonds. The molecular formula is C7H12NO3+. The zero-order valence-electron chi connectivity index (χ0n) is 6.55. The smallest absolute Gasteiger partial charge is 0.315 e. The highest BCUT2D eigenvalue weighted by Gasteiger charge is 2.07. The Morgan fingerprint density at radius 3 is 2.64 bits per heavy atom. The van der Waals surface area contributed by atoms with Crippen molar-refractivity contribution in [1.82, 2.24) is 0 Å². The van der Waals surface area contributed by atoms with E-state index in [1.165, 1.54) is 0 Å². The molecule has 4 heteroatoms. The number of ether oxygens (including phenoxy) is 2. The lowest BCUT2D eigenvalue weighted by Crippen LogP contribution is -2.12. The number of esters is 1. The number of nitrogens with one attached hydrogen (secondary N) is 1. The lowest BCUT2D eigenvalue weighted by Gasteiger charge is -2.01. The van der Waals surface area contributed by atoms with Crippen molar-refractivity contribution >= 4 is 11.9 Å². The maximum absolute atomic E-state index is 10.7. The molecule has 0 aromatic rings. The summed E-state index contributed by atoms with van der Waals surface area (Å²) in [6.45, 7) is 5.57. The molecule has 0 aliphatic heterocycles. The highest BCUT2D eigenvalue weighted by Crippen LogP contribution is 1.90. The Hall–Kier alpha value is -1.19. The summed E-state index contributed by atoms with van der Waals surface area (Å²) in [4.78, 5) is 10.7. The largest absolute Gasteiger partial charge is 0.466 e. The van der Waals surface area contributed by atoms with Crippen LogP contribution in [0.1, 0.15) is 13.3 Å². The molecule has 11 heavy (non-hydrogen) atoms. The van der Waals surface area contributed by atoms with Gasteiger partial charge in [0.1, 0.15) is 13.3 Å². The van der Waals surface area contributed by atoms with E-state index in [4.69, 9.17) is 5.41 Å². The summed E-state index contributed by atoms with van der Waals surface area (Å²) in [5.41, 5.74) is 0. The molecule has 1 N–H and O–H groups in total. The van der Waals surface area contributed by atoms with Gasteiger partial charge in [0.05, 0.1) is 6.61 Å². The average Bonchev–Trinajstić information content (AvgIpc) is 1.87. The lowest BCUT2D eigenvalue weighted by atomic mass is 10.4. The van der Waals surface area contributed by atoms with Crippen molar-refractivity contribution in [2.24, 2.45) is 0 Å². The number of hydrogen-bond donors (Lipinski definition) is 1. The first-order chi connectivity index (χ1) is 5.20. The first-order valence-corrected chi connectivity index (χ1v) is 3.35. The quantitative estimate of drug-likeness (QED) is 0.284. The van der Waals surface area contributed by atoms with E-state index in [2.05, 4.69) is 16.4 Å². The van der Waals surface area contributed by atoms with Gasteiger partial charge in [0.25, 0.3) is 0 Å². The van der Waals surface area contributed by atoms with E-state index in [9.17, 15) is 4.79 Å². The Bertz CT molecular complexity index is 129. The lowest BCUT2D eigenvalue weighted by molar-refractivity contribution is -0.141. The minimum Gasteiger partial charge on any atom is -0.466 e. The van der Waals surface area contributed by atoms with Gasteiger partial charge in [0.2, 0.25) is 6.61 Å². The average molecular weight is 158 g/mol. The molecule has 0 aliphatic rings. The molecule has 0 rings (SSSR count). The Morgan fingerprint density at radius 1 is 1.55 bits per heavy atom. The van der Waals surface area contributed by atoms with Crippen LogP contribution in [0.5, 0.6) is 0 Å². The molecule has 0 heterocycles. The molecule has 0 radical (unpaired) electrons. The van der Waals surface area contributed by atoms with Crippen LogP contribution in [0, 0.1) is 12.3 Å². The number of carbonyl (C=O) groups is 1. The molecule has 0 bridgehead atoms. The van der Waals surface area contributed by atoms with Crippen molar-refractivity contribution < 1.29 is 14.3 Å². The van der Waals surface area contributed by atoms with E-state index in [1.807, 2.05) is 0 Å². The predicted octanol–water partition coefficient (Wildman–Crippen LogP) is 0.768. The molecular weight excluding hydrogens is 146 g/mol. The van der Waals surface area contributed by atoms with Crippen molar-refractivity contribution in [3.05, 3.63) is 6.92 Å². The van der Waals surface area contributed by atoms with Gasteiger partial charge in [-0.15, -0.1) is 0 Å². The summed E-state index contributed by atoms with van der Waals surface area (Å²) in [6.07, 6.45) is -0.108. The van der Waals surface area contributed by atoms with Gasteiger partial charge >= 0.3 is 5.97 Å². The first-order valence-electron chi connectivity index (χ1n) is 3.35. The van der Waals surface area contributed by atoms with E-state index < -0.39 is 5.97 Å². The third-order valence-corrected chi connectivity index (χ3v) is 0.887. The van der Waals surface area contributed by atoms with Crippen LogP contribution in [0.2, 0.25) is 0 Å². The maximum Gasteiger partial charge on any atom is 0.315 e. The van der Waals surface area contributed by atoms with Gasteiger partial charge in [-0.2, -0.15) is 0 Å². The number of hydrogen-bond acceptors (Lipinski definition) is 4. The minimum absolute atomic E-state index is 0.0987. The van der Waals surface area contributed by atoms with Crippen molar-refractivity contribution in [2.45, 2.75) is 13.3 Å². The van der Waals surface area contributed by atoms with Gasteiger partial charge in [-0.05, 0) is 6.92 Å². The second-order valence-corrected chi connectivity index (χ2v) is 1.75. The molecule has 0 unspecified atom stereocenters. The Balaban J connectivity index is 3.49. The van der Waals surface area contributed by atoms with Crippen molar-refractivity contribution in [3.63, 3.8) is 0 Å². The minimum atomic E-state index is -0.439. The third kappa shape index (κ3) is 5.26. The van der Waals surface area contributed by atoms with E-state index >= 15 is 0 Å². The van der Waals surface area contributed by atoms with Crippen LogP contribution in [0.15, 0.2) is 0 Å². The Labute approximate surface area is 66.0 Å². The SMILES string of the molecule is [CH2+]COC(=N)CC(=O)OCC. The summed E-state index contributed by atoms with van der Waals surface area (Å²) >= 11 is 0. The number of rotatable bonds is 4. The molecule has 62 valence electrons. The fraction of sp³-hybridized carbons (Fsp3) is 0.571. The Kier molecular flexibility index (Phi) is 4.98. The second kappa shape index (κ2) is 5.58. The predicted molar refractivity (Wildman–Crippen MR) is 40.3 cm³/mol. The molecule has 0 aliphatic carbocycles. The summed E-state index contributed by atoms with van der Waals surface area (Å²) in [6, 6.07) is 0. The summed E-state index contributed by atoms with van der Waals surface area (Å²) in [5, 5.41) is 7.03. The first kappa shape index (κ1) is 9.81. The zero-order valence-corrected chi connectivity index (χ0v) is 6.55. The van der Waals surface area contributed by atoms with Crippen molar-refractivity contribution in [2.75, 3.05) is 13.2 Å². The molecule has 0 aromatic heterocycles. The number of carbonyl (C=O) groups excluding carboxylic acids is 1. The van der Waals surface area contributed by atoms with Crippen LogP contribution in [0.4, 0.5) is 0 Å². The fourth-order valence-corrected chi connectivity index (χ4v) is 0.517. The topological polar surface area (TPSA) is 59.4 Å². The van der Waals surface area contributed by atoms with Crippen LogP contribution in [-0.4, -0.2) is 25.1 Å². The van der Waals surface area contributed by atoms with E-state index in [1.54, 1.807) is 6.92 Å². The fourth-order valence-electron chi connectivity index (χ4n) is 0.517. The molecule has 0 aromatic carbocycles. The van der Waals surface area contributed by atoms with Gasteiger partial charge in [-0.25, -0.2) is 0 Å². The molecule has 0 saturated heterocycles. The normalized spacial score (nSPS) is 8.82. The van der Waals surface area contributed by atoms with E-state index in [-0.39, 0.29) is 18.9 Å². The third-order valence-electron chi connectivity index (χ3n) is 0.887. The highest BCUT2D eigenvalue weighted by molar-refractivity contribution is 5.92. The summed E-state index contributed by atoms with van der Waals surface area (Å²) in [7, 11) is 0. The monoisotopic (exact) mass is 158 g/mol. The van der Waals surface area contributed by atoms with Crippen LogP contribution in [0.3, 0.4) is 0 Å². The standard InChI is InChI=1S/C7H12NO3/c1-3-10-6(8)5-7(9)11-4-2/h8H,1,3-5H2,2H3/q+1. The van der Waals surface area contributed by atoms with Gasteiger partial charge in [-0.1, -0.05) is 0 Å². The van der Waals surface area contributed by atoms with Gasteiger partial charge in [-0.3, -0.25) is 10.2 Å². The van der Waals surface area contributed by atoms with Crippen LogP contribution in [-0.2, 0) is 14.3 Å². The molecule has 4 nitrogen and oxygen atoms in total.